The van der Waals surface area contributed by atoms with Crippen LogP contribution in [0.15, 0.2) is 4.60 Å². The molecule has 0 radical (unpaired) electrons. The van der Waals surface area contributed by atoms with E-state index in [0.717, 1.165) is 11.3 Å². The normalized spacial score (nSPS) is 9.58. The molecule has 0 aliphatic carbocycles. The third kappa shape index (κ3) is 1.45. The zero-order valence-corrected chi connectivity index (χ0v) is 8.99. The molecule has 0 saturated carbocycles. The summed E-state index contributed by atoms with van der Waals surface area (Å²) < 4.78 is 0.560. The number of nitriles is 1. The van der Waals surface area contributed by atoms with E-state index in [1.165, 1.54) is 0 Å². The first kappa shape index (κ1) is 9.50. The molecule has 0 aromatic carbocycles. The fourth-order valence-corrected chi connectivity index (χ4v) is 1.71. The molecule has 0 bridgehead atoms. The molecule has 0 amide bonds. The molecule has 0 aliphatic heterocycles. The van der Waals surface area contributed by atoms with Crippen LogP contribution in [-0.2, 0) is 0 Å². The van der Waals surface area contributed by atoms with Crippen molar-refractivity contribution in [2.75, 3.05) is 0 Å². The summed E-state index contributed by atoms with van der Waals surface area (Å²) in [6, 6.07) is 2.04. The molecule has 0 atom stereocenters. The van der Waals surface area contributed by atoms with Crippen molar-refractivity contribution in [3.05, 3.63) is 26.4 Å². The summed E-state index contributed by atoms with van der Waals surface area (Å²) in [7, 11) is 0. The second-order valence-electron chi connectivity index (χ2n) is 2.41. The van der Waals surface area contributed by atoms with Gasteiger partial charge >= 0.3 is 0 Å². The minimum absolute atomic E-state index is 0.505. The molecule has 12 heavy (non-hydrogen) atoms. The van der Waals surface area contributed by atoms with Crippen molar-refractivity contribution in [2.24, 2.45) is 0 Å². The number of nitrogens with zero attached hydrogens (tertiary/aromatic N) is 2. The number of hydrogen-bond donors (Lipinski definition) is 0. The molecule has 1 aromatic heterocycles. The van der Waals surface area contributed by atoms with Crippen molar-refractivity contribution >= 4 is 27.5 Å². The van der Waals surface area contributed by atoms with E-state index < -0.39 is 0 Å². The first-order chi connectivity index (χ1) is 5.57. The van der Waals surface area contributed by atoms with Gasteiger partial charge < -0.3 is 0 Å². The molecule has 0 N–H and O–H groups in total. The largest absolute Gasteiger partial charge is 0.243 e. The Morgan fingerprint density at radius 3 is 2.58 bits per heavy atom. The molecule has 0 fully saturated rings. The fourth-order valence-electron chi connectivity index (χ4n) is 0.918. The predicted octanol–water partition coefficient (Wildman–Crippen LogP) is 2.99. The molecule has 0 unspecified atom stereocenters. The summed E-state index contributed by atoms with van der Waals surface area (Å²) in [5.74, 6) is 0. The Hall–Kier alpha value is -0.590. The zero-order valence-electron chi connectivity index (χ0n) is 6.65. The Kier molecular flexibility index (Phi) is 2.71. The van der Waals surface area contributed by atoms with Gasteiger partial charge in [-0.3, -0.25) is 0 Å². The van der Waals surface area contributed by atoms with Crippen LogP contribution in [0, 0.1) is 25.2 Å². The highest BCUT2D eigenvalue weighted by atomic mass is 79.9. The Balaban J connectivity index is 3.54. The molecule has 1 aromatic rings. The highest BCUT2D eigenvalue weighted by molar-refractivity contribution is 9.10. The average molecular weight is 246 g/mol. The van der Waals surface area contributed by atoms with Crippen molar-refractivity contribution < 1.29 is 0 Å². The van der Waals surface area contributed by atoms with Crippen LogP contribution in [0.2, 0.25) is 5.02 Å². The molecule has 1 heterocycles. The maximum atomic E-state index is 8.74. The quantitative estimate of drug-likeness (QED) is 0.659. The van der Waals surface area contributed by atoms with Gasteiger partial charge in [-0.15, -0.1) is 0 Å². The molecule has 0 spiro atoms. The summed E-state index contributed by atoms with van der Waals surface area (Å²) >= 11 is 9.10. The van der Waals surface area contributed by atoms with Crippen LogP contribution in [0.4, 0.5) is 0 Å². The third-order valence-corrected chi connectivity index (χ3v) is 2.74. The Morgan fingerprint density at radius 2 is 2.08 bits per heavy atom. The number of rotatable bonds is 0. The maximum absolute atomic E-state index is 8.74. The Morgan fingerprint density at radius 1 is 1.50 bits per heavy atom. The first-order valence-electron chi connectivity index (χ1n) is 3.30. The van der Waals surface area contributed by atoms with E-state index in [-0.39, 0.29) is 0 Å². The lowest BCUT2D eigenvalue weighted by Gasteiger charge is -2.04. The summed E-state index contributed by atoms with van der Waals surface area (Å²) in [5.41, 5.74) is 2.02. The topological polar surface area (TPSA) is 36.7 Å². The summed E-state index contributed by atoms with van der Waals surface area (Å²) in [5, 5.41) is 9.30. The highest BCUT2D eigenvalue weighted by Crippen LogP contribution is 2.26. The van der Waals surface area contributed by atoms with Crippen molar-refractivity contribution in [3.8, 4) is 6.07 Å². The van der Waals surface area contributed by atoms with Gasteiger partial charge in [0.1, 0.15) is 10.7 Å². The van der Waals surface area contributed by atoms with Crippen molar-refractivity contribution in [1.29, 1.82) is 5.26 Å². The third-order valence-electron chi connectivity index (χ3n) is 1.61. The summed E-state index contributed by atoms with van der Waals surface area (Å²) in [6.45, 7) is 3.61. The monoisotopic (exact) mass is 244 g/mol. The molecule has 0 aliphatic rings. The number of pyridine rings is 1. The maximum Gasteiger partial charge on any atom is 0.124 e. The minimum atomic E-state index is 0.505. The van der Waals surface area contributed by atoms with Gasteiger partial charge in [0.05, 0.1) is 16.3 Å². The number of aryl methyl sites for hydroxylation is 1. The second kappa shape index (κ2) is 3.42. The SMILES string of the molecule is Cc1nc(Br)c(C#N)c(C)c1Cl. The average Bonchev–Trinajstić information content (AvgIpc) is 2.01. The van der Waals surface area contributed by atoms with E-state index in [9.17, 15) is 0 Å². The van der Waals surface area contributed by atoms with Gasteiger partial charge in [0.25, 0.3) is 0 Å². The number of hydrogen-bond acceptors (Lipinski definition) is 2. The van der Waals surface area contributed by atoms with E-state index in [4.69, 9.17) is 16.9 Å². The highest BCUT2D eigenvalue weighted by Gasteiger charge is 2.10. The van der Waals surface area contributed by atoms with Crippen LogP contribution < -0.4 is 0 Å². The van der Waals surface area contributed by atoms with E-state index in [0.29, 0.717) is 15.2 Å². The van der Waals surface area contributed by atoms with Crippen LogP contribution in [-0.4, -0.2) is 4.98 Å². The lowest BCUT2D eigenvalue weighted by atomic mass is 10.1. The lowest BCUT2D eigenvalue weighted by Crippen LogP contribution is -1.93. The van der Waals surface area contributed by atoms with Gasteiger partial charge in [-0.1, -0.05) is 11.6 Å². The molecular formula is C8H6BrClN2. The van der Waals surface area contributed by atoms with Gasteiger partial charge in [0, 0.05) is 0 Å². The van der Waals surface area contributed by atoms with Gasteiger partial charge in [-0.25, -0.2) is 4.98 Å². The van der Waals surface area contributed by atoms with E-state index >= 15 is 0 Å². The number of halogens is 2. The molecular weight excluding hydrogens is 239 g/mol. The molecule has 2 nitrogen and oxygen atoms in total. The van der Waals surface area contributed by atoms with Crippen LogP contribution in [0.1, 0.15) is 16.8 Å². The van der Waals surface area contributed by atoms with Gasteiger partial charge in [-0.05, 0) is 35.3 Å². The van der Waals surface area contributed by atoms with Crippen molar-refractivity contribution in [3.63, 3.8) is 0 Å². The molecule has 1 rings (SSSR count). The second-order valence-corrected chi connectivity index (χ2v) is 3.54. The molecule has 4 heteroatoms. The predicted molar refractivity (Wildman–Crippen MR) is 51.1 cm³/mol. The van der Waals surface area contributed by atoms with Crippen LogP contribution in [0.5, 0.6) is 0 Å². The van der Waals surface area contributed by atoms with E-state index in [1.54, 1.807) is 13.8 Å². The van der Waals surface area contributed by atoms with Gasteiger partial charge in [0.2, 0.25) is 0 Å². The van der Waals surface area contributed by atoms with Crippen LogP contribution in [0.3, 0.4) is 0 Å². The summed E-state index contributed by atoms with van der Waals surface area (Å²) in [4.78, 5) is 4.07. The van der Waals surface area contributed by atoms with Crippen molar-refractivity contribution in [2.45, 2.75) is 13.8 Å². The van der Waals surface area contributed by atoms with E-state index in [1.807, 2.05) is 6.07 Å². The smallest absolute Gasteiger partial charge is 0.124 e. The minimum Gasteiger partial charge on any atom is -0.243 e. The van der Waals surface area contributed by atoms with Crippen LogP contribution >= 0.6 is 27.5 Å². The molecule has 0 saturated heterocycles. The zero-order chi connectivity index (χ0) is 9.30. The van der Waals surface area contributed by atoms with Gasteiger partial charge in [0.15, 0.2) is 0 Å². The van der Waals surface area contributed by atoms with Gasteiger partial charge in [-0.2, -0.15) is 5.26 Å². The first-order valence-corrected chi connectivity index (χ1v) is 4.47. The van der Waals surface area contributed by atoms with E-state index in [2.05, 4.69) is 20.9 Å². The Bertz CT molecular complexity index is 368. The Labute approximate surface area is 84.3 Å². The lowest BCUT2D eigenvalue weighted by molar-refractivity contribution is 1.13. The fraction of sp³-hybridized carbons (Fsp3) is 0.250. The standard InChI is InChI=1S/C8H6BrClN2/c1-4-6(3-11)8(9)12-5(2)7(4)10/h1-2H3. The number of aromatic nitrogens is 1. The van der Waals surface area contributed by atoms with Crippen molar-refractivity contribution in [1.82, 2.24) is 4.98 Å². The van der Waals surface area contributed by atoms with Crippen LogP contribution in [0.25, 0.3) is 0 Å². The molecule has 62 valence electrons. The summed E-state index contributed by atoms with van der Waals surface area (Å²) in [6.07, 6.45) is 0.